The zero-order valence-corrected chi connectivity index (χ0v) is 7.96. The van der Waals surface area contributed by atoms with Crippen molar-refractivity contribution in [1.29, 1.82) is 0 Å². The Hall–Kier alpha value is -1.61. The SMILES string of the molecule is CC(O)c1ccn(-c2ccccc2)n1. The second kappa shape index (κ2) is 3.64. The fourth-order valence-corrected chi connectivity index (χ4v) is 1.29. The minimum absolute atomic E-state index is 0.514. The molecule has 72 valence electrons. The van der Waals surface area contributed by atoms with Crippen LogP contribution in [-0.4, -0.2) is 14.9 Å². The first-order valence-corrected chi connectivity index (χ1v) is 4.56. The summed E-state index contributed by atoms with van der Waals surface area (Å²) in [5.74, 6) is 0. The van der Waals surface area contributed by atoms with E-state index in [1.54, 1.807) is 11.6 Å². The Bertz CT molecular complexity index is 406. The summed E-state index contributed by atoms with van der Waals surface area (Å²) in [5, 5.41) is 13.6. The second-order valence-corrected chi connectivity index (χ2v) is 3.20. The minimum atomic E-state index is -0.514. The first-order chi connectivity index (χ1) is 6.77. The number of aliphatic hydroxyl groups is 1. The number of hydrogen-bond donors (Lipinski definition) is 1. The smallest absolute Gasteiger partial charge is 0.0950 e. The van der Waals surface area contributed by atoms with Gasteiger partial charge in [-0.25, -0.2) is 4.68 Å². The van der Waals surface area contributed by atoms with E-state index in [-0.39, 0.29) is 0 Å². The molecule has 0 radical (unpaired) electrons. The van der Waals surface area contributed by atoms with Gasteiger partial charge in [-0.05, 0) is 25.1 Å². The molecule has 1 unspecified atom stereocenters. The predicted octanol–water partition coefficient (Wildman–Crippen LogP) is 1.93. The fraction of sp³-hybridized carbons (Fsp3) is 0.182. The van der Waals surface area contributed by atoms with E-state index in [0.717, 1.165) is 5.69 Å². The highest BCUT2D eigenvalue weighted by Gasteiger charge is 2.04. The van der Waals surface area contributed by atoms with Crippen molar-refractivity contribution in [2.75, 3.05) is 0 Å². The molecule has 3 heteroatoms. The molecule has 0 saturated carbocycles. The van der Waals surface area contributed by atoms with Crippen LogP contribution in [0.3, 0.4) is 0 Å². The monoisotopic (exact) mass is 188 g/mol. The maximum Gasteiger partial charge on any atom is 0.0950 e. The molecule has 1 aromatic carbocycles. The van der Waals surface area contributed by atoms with Gasteiger partial charge in [-0.1, -0.05) is 18.2 Å². The number of rotatable bonds is 2. The van der Waals surface area contributed by atoms with E-state index in [9.17, 15) is 5.11 Å². The average Bonchev–Trinajstić information content (AvgIpc) is 2.68. The molecular weight excluding hydrogens is 176 g/mol. The third-order valence-corrected chi connectivity index (χ3v) is 2.06. The van der Waals surface area contributed by atoms with Crippen LogP contribution in [0.25, 0.3) is 5.69 Å². The molecule has 0 aliphatic carbocycles. The van der Waals surface area contributed by atoms with E-state index in [1.165, 1.54) is 0 Å². The summed E-state index contributed by atoms with van der Waals surface area (Å²) >= 11 is 0. The highest BCUT2D eigenvalue weighted by molar-refractivity contribution is 5.30. The van der Waals surface area contributed by atoms with Crippen LogP contribution in [0.2, 0.25) is 0 Å². The van der Waals surface area contributed by atoms with Gasteiger partial charge in [0.2, 0.25) is 0 Å². The average molecular weight is 188 g/mol. The molecule has 1 atom stereocenters. The van der Waals surface area contributed by atoms with Crippen LogP contribution < -0.4 is 0 Å². The zero-order chi connectivity index (χ0) is 9.97. The number of nitrogens with zero attached hydrogens (tertiary/aromatic N) is 2. The van der Waals surface area contributed by atoms with Gasteiger partial charge in [0, 0.05) is 6.20 Å². The maximum atomic E-state index is 9.31. The molecule has 0 aliphatic heterocycles. The first-order valence-electron chi connectivity index (χ1n) is 4.56. The zero-order valence-electron chi connectivity index (χ0n) is 7.96. The van der Waals surface area contributed by atoms with Crippen LogP contribution >= 0.6 is 0 Å². The summed E-state index contributed by atoms with van der Waals surface area (Å²) in [6, 6.07) is 11.6. The Balaban J connectivity index is 2.34. The van der Waals surface area contributed by atoms with Gasteiger partial charge in [0.05, 0.1) is 17.5 Å². The van der Waals surface area contributed by atoms with Gasteiger partial charge in [0.15, 0.2) is 0 Å². The van der Waals surface area contributed by atoms with Crippen LogP contribution in [0.15, 0.2) is 42.6 Å². The quantitative estimate of drug-likeness (QED) is 0.782. The molecule has 2 aromatic rings. The molecule has 14 heavy (non-hydrogen) atoms. The van der Waals surface area contributed by atoms with Crippen molar-refractivity contribution >= 4 is 0 Å². The summed E-state index contributed by atoms with van der Waals surface area (Å²) in [6.07, 6.45) is 1.33. The molecule has 1 N–H and O–H groups in total. The molecule has 0 bridgehead atoms. The first kappa shape index (κ1) is 8.97. The van der Waals surface area contributed by atoms with E-state index < -0.39 is 6.10 Å². The molecule has 1 heterocycles. The highest BCUT2D eigenvalue weighted by Crippen LogP contribution is 2.11. The maximum absolute atomic E-state index is 9.31. The van der Waals surface area contributed by atoms with Crippen molar-refractivity contribution in [1.82, 2.24) is 9.78 Å². The largest absolute Gasteiger partial charge is 0.387 e. The molecule has 2 rings (SSSR count). The predicted molar refractivity (Wildman–Crippen MR) is 54.2 cm³/mol. The topological polar surface area (TPSA) is 38.0 Å². The molecule has 0 aliphatic rings. The van der Waals surface area contributed by atoms with Gasteiger partial charge < -0.3 is 5.11 Å². The van der Waals surface area contributed by atoms with E-state index in [0.29, 0.717) is 5.69 Å². The summed E-state index contributed by atoms with van der Waals surface area (Å²) in [5.41, 5.74) is 1.69. The summed E-state index contributed by atoms with van der Waals surface area (Å²) < 4.78 is 1.75. The lowest BCUT2D eigenvalue weighted by Crippen LogP contribution is -1.97. The van der Waals surface area contributed by atoms with Crippen LogP contribution in [-0.2, 0) is 0 Å². The van der Waals surface area contributed by atoms with Gasteiger partial charge in [-0.2, -0.15) is 5.10 Å². The number of aromatic nitrogens is 2. The van der Waals surface area contributed by atoms with Crippen molar-refractivity contribution in [3.8, 4) is 5.69 Å². The number of benzene rings is 1. The van der Waals surface area contributed by atoms with Gasteiger partial charge in [-0.15, -0.1) is 0 Å². The van der Waals surface area contributed by atoms with Gasteiger partial charge in [-0.3, -0.25) is 0 Å². The Labute approximate surface area is 82.6 Å². The van der Waals surface area contributed by atoms with E-state index in [1.807, 2.05) is 42.6 Å². The highest BCUT2D eigenvalue weighted by atomic mass is 16.3. The van der Waals surface area contributed by atoms with E-state index >= 15 is 0 Å². The van der Waals surface area contributed by atoms with Crippen molar-refractivity contribution < 1.29 is 5.11 Å². The van der Waals surface area contributed by atoms with E-state index in [2.05, 4.69) is 5.10 Å². The third-order valence-electron chi connectivity index (χ3n) is 2.06. The molecule has 1 aromatic heterocycles. The lowest BCUT2D eigenvalue weighted by molar-refractivity contribution is 0.193. The second-order valence-electron chi connectivity index (χ2n) is 3.20. The van der Waals surface area contributed by atoms with Crippen LogP contribution in [0, 0.1) is 0 Å². The van der Waals surface area contributed by atoms with Crippen molar-refractivity contribution in [3.05, 3.63) is 48.3 Å². The van der Waals surface area contributed by atoms with Crippen molar-refractivity contribution in [3.63, 3.8) is 0 Å². The Morgan fingerprint density at radius 2 is 1.93 bits per heavy atom. The van der Waals surface area contributed by atoms with Gasteiger partial charge in [0.1, 0.15) is 0 Å². The number of para-hydroxylation sites is 1. The molecule has 0 fully saturated rings. The molecule has 0 spiro atoms. The van der Waals surface area contributed by atoms with Crippen molar-refractivity contribution in [2.45, 2.75) is 13.0 Å². The normalized spacial score (nSPS) is 12.7. The fourth-order valence-electron chi connectivity index (χ4n) is 1.29. The summed E-state index contributed by atoms with van der Waals surface area (Å²) in [7, 11) is 0. The van der Waals surface area contributed by atoms with E-state index in [4.69, 9.17) is 0 Å². The molecule has 0 saturated heterocycles. The number of hydrogen-bond acceptors (Lipinski definition) is 2. The standard InChI is InChI=1S/C11H12N2O/c1-9(14)11-7-8-13(12-11)10-5-3-2-4-6-10/h2-9,14H,1H3. The van der Waals surface area contributed by atoms with Crippen LogP contribution in [0.4, 0.5) is 0 Å². The summed E-state index contributed by atoms with van der Waals surface area (Å²) in [4.78, 5) is 0. The Morgan fingerprint density at radius 1 is 1.21 bits per heavy atom. The molecule has 3 nitrogen and oxygen atoms in total. The third kappa shape index (κ3) is 1.67. The van der Waals surface area contributed by atoms with Gasteiger partial charge >= 0.3 is 0 Å². The minimum Gasteiger partial charge on any atom is -0.387 e. The lowest BCUT2D eigenvalue weighted by atomic mass is 10.3. The molecular formula is C11H12N2O. The lowest BCUT2D eigenvalue weighted by Gasteiger charge is -2.00. The van der Waals surface area contributed by atoms with Crippen LogP contribution in [0.5, 0.6) is 0 Å². The Kier molecular flexibility index (Phi) is 2.33. The Morgan fingerprint density at radius 3 is 2.50 bits per heavy atom. The number of aliphatic hydroxyl groups excluding tert-OH is 1. The van der Waals surface area contributed by atoms with Crippen LogP contribution in [0.1, 0.15) is 18.7 Å². The summed E-state index contributed by atoms with van der Waals surface area (Å²) in [6.45, 7) is 1.71. The molecule has 0 amide bonds. The van der Waals surface area contributed by atoms with Crippen molar-refractivity contribution in [2.24, 2.45) is 0 Å². The van der Waals surface area contributed by atoms with Gasteiger partial charge in [0.25, 0.3) is 0 Å².